The summed E-state index contributed by atoms with van der Waals surface area (Å²) in [6.45, 7) is 2.24. The molecule has 3 amide bonds. The third-order valence-corrected chi connectivity index (χ3v) is 6.79. The zero-order valence-corrected chi connectivity index (χ0v) is 20.1. The summed E-state index contributed by atoms with van der Waals surface area (Å²) in [6.07, 6.45) is 0. The van der Waals surface area contributed by atoms with Gasteiger partial charge in [0.2, 0.25) is 0 Å². The van der Waals surface area contributed by atoms with Gasteiger partial charge in [-0.15, -0.1) is 0 Å². The summed E-state index contributed by atoms with van der Waals surface area (Å²) in [4.78, 5) is 42.9. The fourth-order valence-corrected chi connectivity index (χ4v) is 4.79. The van der Waals surface area contributed by atoms with E-state index in [2.05, 4.69) is 15.9 Å². The minimum atomic E-state index is -0.350. The first kappa shape index (κ1) is 22.0. The third-order valence-electron chi connectivity index (χ3n) is 6.10. The number of halogens is 1. The van der Waals surface area contributed by atoms with Crippen molar-refractivity contribution in [2.75, 3.05) is 18.0 Å². The zero-order chi connectivity index (χ0) is 23.8. The van der Waals surface area contributed by atoms with Gasteiger partial charge in [0.15, 0.2) is 0 Å². The van der Waals surface area contributed by atoms with Gasteiger partial charge in [-0.05, 0) is 54.8 Å². The van der Waals surface area contributed by atoms with Gasteiger partial charge in [-0.3, -0.25) is 19.3 Å². The van der Waals surface area contributed by atoms with E-state index in [9.17, 15) is 14.4 Å². The molecule has 5 nitrogen and oxygen atoms in total. The smallest absolute Gasteiger partial charge is 0.261 e. The molecule has 1 heterocycles. The van der Waals surface area contributed by atoms with Gasteiger partial charge < -0.3 is 4.90 Å². The van der Waals surface area contributed by atoms with E-state index in [0.717, 1.165) is 15.4 Å². The fraction of sp³-hybridized carbons (Fsp3) is 0.107. The lowest BCUT2D eigenvalue weighted by Crippen LogP contribution is -2.46. The summed E-state index contributed by atoms with van der Waals surface area (Å²) < 4.78 is 0.834. The van der Waals surface area contributed by atoms with Crippen molar-refractivity contribution in [2.24, 2.45) is 0 Å². The number of aryl methyl sites for hydroxylation is 1. The average Bonchev–Trinajstić information content (AvgIpc) is 2.86. The highest BCUT2D eigenvalue weighted by atomic mass is 79.9. The molecule has 1 aliphatic heterocycles. The van der Waals surface area contributed by atoms with E-state index in [-0.39, 0.29) is 30.8 Å². The molecule has 0 atom stereocenters. The maximum absolute atomic E-state index is 13.4. The number of hydrogen-bond donors (Lipinski definition) is 0. The van der Waals surface area contributed by atoms with Gasteiger partial charge in [-0.25, -0.2) is 0 Å². The van der Waals surface area contributed by atoms with Crippen LogP contribution >= 0.6 is 15.9 Å². The molecule has 5 rings (SSSR count). The first-order valence-electron chi connectivity index (χ1n) is 11.0. The SMILES string of the molecule is Cc1ccc(N(CCN2C(=O)c3cccc4c(Br)ccc(c34)C2=O)C(=O)c2ccccc2)cc1. The quantitative estimate of drug-likeness (QED) is 0.315. The molecule has 0 saturated heterocycles. The van der Waals surface area contributed by atoms with Crippen LogP contribution in [-0.4, -0.2) is 35.7 Å². The maximum atomic E-state index is 13.4. The van der Waals surface area contributed by atoms with Crippen molar-refractivity contribution in [1.29, 1.82) is 0 Å². The lowest BCUT2D eigenvalue weighted by molar-refractivity contribution is 0.0611. The van der Waals surface area contributed by atoms with Crippen LogP contribution in [0.2, 0.25) is 0 Å². The van der Waals surface area contributed by atoms with Crippen molar-refractivity contribution in [3.8, 4) is 0 Å². The molecule has 0 unspecified atom stereocenters. The van der Waals surface area contributed by atoms with Crippen LogP contribution in [0, 0.1) is 6.92 Å². The lowest BCUT2D eigenvalue weighted by Gasteiger charge is -2.30. The van der Waals surface area contributed by atoms with Crippen LogP contribution in [-0.2, 0) is 0 Å². The number of amides is 3. The second-order valence-corrected chi connectivity index (χ2v) is 9.10. The Kier molecular flexibility index (Phi) is 5.75. The van der Waals surface area contributed by atoms with Crippen LogP contribution in [0.1, 0.15) is 36.6 Å². The minimum Gasteiger partial charge on any atom is -0.307 e. The molecule has 168 valence electrons. The van der Waals surface area contributed by atoms with Crippen molar-refractivity contribution in [3.05, 3.63) is 112 Å². The number of carbonyl (C=O) groups is 3. The highest BCUT2D eigenvalue weighted by molar-refractivity contribution is 9.10. The summed E-state index contributed by atoms with van der Waals surface area (Å²) >= 11 is 3.51. The van der Waals surface area contributed by atoms with Crippen LogP contribution in [0.15, 0.2) is 89.4 Å². The van der Waals surface area contributed by atoms with Gasteiger partial charge in [-0.2, -0.15) is 0 Å². The van der Waals surface area contributed by atoms with Crippen LogP contribution in [0.3, 0.4) is 0 Å². The van der Waals surface area contributed by atoms with Crippen molar-refractivity contribution in [3.63, 3.8) is 0 Å². The molecule has 6 heteroatoms. The van der Waals surface area contributed by atoms with Crippen LogP contribution < -0.4 is 4.90 Å². The fourth-order valence-electron chi connectivity index (χ4n) is 4.32. The summed E-state index contributed by atoms with van der Waals surface area (Å²) in [5.41, 5.74) is 3.31. The average molecular weight is 513 g/mol. The molecule has 4 aromatic carbocycles. The highest BCUT2D eigenvalue weighted by Gasteiger charge is 2.33. The Labute approximate surface area is 205 Å². The van der Waals surface area contributed by atoms with E-state index in [1.54, 1.807) is 29.2 Å². The van der Waals surface area contributed by atoms with Crippen LogP contribution in [0.25, 0.3) is 10.8 Å². The van der Waals surface area contributed by atoms with E-state index in [1.807, 2.05) is 67.6 Å². The molecule has 0 N–H and O–H groups in total. The van der Waals surface area contributed by atoms with Gasteiger partial charge in [0.1, 0.15) is 0 Å². The van der Waals surface area contributed by atoms with Crippen molar-refractivity contribution in [2.45, 2.75) is 6.92 Å². The molecular weight excluding hydrogens is 492 g/mol. The molecule has 1 aliphatic rings. The Bertz CT molecular complexity index is 1410. The molecule has 4 aromatic rings. The largest absolute Gasteiger partial charge is 0.307 e. The van der Waals surface area contributed by atoms with Gasteiger partial charge in [0.05, 0.1) is 0 Å². The summed E-state index contributed by atoms with van der Waals surface area (Å²) in [5.74, 6) is -0.887. The van der Waals surface area contributed by atoms with E-state index in [0.29, 0.717) is 27.8 Å². The van der Waals surface area contributed by atoms with E-state index in [1.165, 1.54) is 4.90 Å². The Balaban J connectivity index is 1.48. The zero-order valence-electron chi connectivity index (χ0n) is 18.5. The monoisotopic (exact) mass is 512 g/mol. The molecule has 0 spiro atoms. The number of hydrogen-bond acceptors (Lipinski definition) is 3. The highest BCUT2D eigenvalue weighted by Crippen LogP contribution is 2.34. The Morgan fingerprint density at radius 3 is 2.21 bits per heavy atom. The molecule has 0 radical (unpaired) electrons. The summed E-state index contributed by atoms with van der Waals surface area (Å²) in [6, 6.07) is 25.6. The predicted molar refractivity (Wildman–Crippen MR) is 136 cm³/mol. The summed E-state index contributed by atoms with van der Waals surface area (Å²) in [7, 11) is 0. The van der Waals surface area contributed by atoms with Gasteiger partial charge in [-0.1, -0.05) is 64.0 Å². The second-order valence-electron chi connectivity index (χ2n) is 8.24. The van der Waals surface area contributed by atoms with Crippen molar-refractivity contribution in [1.82, 2.24) is 4.90 Å². The number of imide groups is 1. The minimum absolute atomic E-state index is 0.0794. The molecule has 0 aliphatic carbocycles. The Morgan fingerprint density at radius 2 is 1.50 bits per heavy atom. The molecule has 0 fully saturated rings. The first-order valence-corrected chi connectivity index (χ1v) is 11.8. The second kappa shape index (κ2) is 8.88. The number of nitrogens with zero attached hydrogens (tertiary/aromatic N) is 2. The van der Waals surface area contributed by atoms with Crippen LogP contribution in [0.5, 0.6) is 0 Å². The van der Waals surface area contributed by atoms with E-state index in [4.69, 9.17) is 0 Å². The Hall–Kier alpha value is -3.77. The number of anilines is 1. The van der Waals surface area contributed by atoms with Crippen LogP contribution in [0.4, 0.5) is 5.69 Å². The number of rotatable bonds is 5. The van der Waals surface area contributed by atoms with E-state index >= 15 is 0 Å². The van der Waals surface area contributed by atoms with Crippen molar-refractivity contribution >= 4 is 50.1 Å². The Morgan fingerprint density at radius 1 is 0.824 bits per heavy atom. The predicted octanol–water partition coefficient (Wildman–Crippen LogP) is 5.85. The molecule has 0 saturated carbocycles. The number of benzene rings is 4. The lowest BCUT2D eigenvalue weighted by atomic mass is 9.94. The van der Waals surface area contributed by atoms with E-state index < -0.39 is 0 Å². The number of carbonyl (C=O) groups excluding carboxylic acids is 3. The summed E-state index contributed by atoms with van der Waals surface area (Å²) in [5, 5.41) is 1.50. The first-order chi connectivity index (χ1) is 16.5. The molecular formula is C28H21BrN2O3. The molecule has 0 bridgehead atoms. The van der Waals surface area contributed by atoms with Crippen molar-refractivity contribution < 1.29 is 14.4 Å². The molecule has 34 heavy (non-hydrogen) atoms. The molecule has 0 aromatic heterocycles. The van der Waals surface area contributed by atoms with Gasteiger partial charge >= 0.3 is 0 Å². The normalized spacial score (nSPS) is 12.8. The standard InChI is InChI=1S/C28H21BrN2O3/c1-18-10-12-20(13-11-18)30(26(32)19-6-3-2-4-7-19)16-17-31-27(33)22-9-5-8-21-24(29)15-14-23(25(21)22)28(31)34/h2-15H,16-17H2,1H3. The maximum Gasteiger partial charge on any atom is 0.261 e. The third kappa shape index (κ3) is 3.80. The topological polar surface area (TPSA) is 57.7 Å². The van der Waals surface area contributed by atoms with Gasteiger partial charge in [0, 0.05) is 45.3 Å². The van der Waals surface area contributed by atoms with Gasteiger partial charge in [0.25, 0.3) is 17.7 Å².